The average molecular weight is 185 g/mol. The van der Waals surface area contributed by atoms with Crippen molar-refractivity contribution in [3.63, 3.8) is 0 Å². The van der Waals surface area contributed by atoms with Gasteiger partial charge in [0.25, 0.3) is 0 Å². The fourth-order valence-electron chi connectivity index (χ4n) is 0.843. The monoisotopic (exact) mass is 184 g/mol. The highest BCUT2D eigenvalue weighted by atomic mass is 35.5. The largest absolute Gasteiger partial charge is 0.392 e. The Bertz CT molecular complexity index is 312. The number of aliphatic hydroxyl groups excluding tert-OH is 1. The Morgan fingerprint density at radius 1 is 1.58 bits per heavy atom. The summed E-state index contributed by atoms with van der Waals surface area (Å²) in [4.78, 5) is 0. The first-order chi connectivity index (χ1) is 5.65. The molecule has 4 heteroatoms. The van der Waals surface area contributed by atoms with Gasteiger partial charge in [0, 0.05) is 10.6 Å². The summed E-state index contributed by atoms with van der Waals surface area (Å²) in [6, 6.07) is 4.87. The molecule has 1 rings (SSSR count). The van der Waals surface area contributed by atoms with Crippen LogP contribution in [0.3, 0.4) is 0 Å². The predicted octanol–water partition coefficient (Wildman–Crippen LogP) is 1.12. The van der Waals surface area contributed by atoms with Gasteiger partial charge in [0.1, 0.15) is 5.84 Å². The molecule has 0 amide bonds. The molecule has 0 fully saturated rings. The Hall–Kier alpha value is -1.06. The van der Waals surface area contributed by atoms with Crippen LogP contribution in [0.25, 0.3) is 0 Å². The quantitative estimate of drug-likeness (QED) is 0.476. The van der Waals surface area contributed by atoms with Gasteiger partial charge in [-0.3, -0.25) is 5.41 Å². The minimum Gasteiger partial charge on any atom is -0.392 e. The summed E-state index contributed by atoms with van der Waals surface area (Å²) < 4.78 is 0. The van der Waals surface area contributed by atoms with Crippen molar-refractivity contribution in [2.45, 2.75) is 6.61 Å². The number of halogens is 1. The van der Waals surface area contributed by atoms with Crippen molar-refractivity contribution in [1.82, 2.24) is 0 Å². The number of nitrogen functional groups attached to an aromatic ring is 1. The fourth-order valence-corrected chi connectivity index (χ4v) is 1.08. The van der Waals surface area contributed by atoms with E-state index in [1.54, 1.807) is 18.2 Å². The summed E-state index contributed by atoms with van der Waals surface area (Å²) in [5.74, 6) is -0.0265. The first-order valence-corrected chi connectivity index (χ1v) is 3.76. The van der Waals surface area contributed by atoms with Crippen LogP contribution in [0, 0.1) is 5.41 Å². The number of hydrogen-bond acceptors (Lipinski definition) is 2. The van der Waals surface area contributed by atoms with Crippen LogP contribution in [0.15, 0.2) is 18.2 Å². The highest BCUT2D eigenvalue weighted by Crippen LogP contribution is 2.17. The zero-order chi connectivity index (χ0) is 9.14. The Morgan fingerprint density at radius 3 is 2.67 bits per heavy atom. The van der Waals surface area contributed by atoms with Gasteiger partial charge in [-0.05, 0) is 11.6 Å². The third-order valence-electron chi connectivity index (χ3n) is 1.53. The molecule has 0 aliphatic heterocycles. The molecule has 0 saturated carbocycles. The minimum absolute atomic E-state index is 0.0265. The molecule has 4 N–H and O–H groups in total. The standard InChI is InChI=1S/C8H9ClN2O/c9-7-3-5(8(10)11)1-2-6(7)4-12/h1-3,12H,4H2,(H3,10,11). The third-order valence-corrected chi connectivity index (χ3v) is 1.89. The normalized spacial score (nSPS) is 9.83. The fraction of sp³-hybridized carbons (Fsp3) is 0.125. The first-order valence-electron chi connectivity index (χ1n) is 3.39. The van der Waals surface area contributed by atoms with Crippen molar-refractivity contribution in [3.8, 4) is 0 Å². The summed E-state index contributed by atoms with van der Waals surface area (Å²) in [7, 11) is 0. The molecule has 0 spiro atoms. The van der Waals surface area contributed by atoms with Gasteiger partial charge >= 0.3 is 0 Å². The topological polar surface area (TPSA) is 70.1 Å². The molecule has 0 aromatic heterocycles. The molecule has 3 nitrogen and oxygen atoms in total. The summed E-state index contributed by atoms with van der Waals surface area (Å²) in [6.07, 6.45) is 0. The molecule has 1 aromatic carbocycles. The van der Waals surface area contributed by atoms with Crippen LogP contribution in [-0.2, 0) is 6.61 Å². The van der Waals surface area contributed by atoms with E-state index in [9.17, 15) is 0 Å². The van der Waals surface area contributed by atoms with E-state index >= 15 is 0 Å². The van der Waals surface area contributed by atoms with Crippen LogP contribution >= 0.6 is 11.6 Å². The van der Waals surface area contributed by atoms with E-state index in [2.05, 4.69) is 0 Å². The lowest BCUT2D eigenvalue weighted by Crippen LogP contribution is -2.10. The predicted molar refractivity (Wildman–Crippen MR) is 48.4 cm³/mol. The highest BCUT2D eigenvalue weighted by Gasteiger charge is 2.01. The summed E-state index contributed by atoms with van der Waals surface area (Å²) in [5.41, 5.74) is 6.44. The van der Waals surface area contributed by atoms with Gasteiger partial charge in [-0.15, -0.1) is 0 Å². The van der Waals surface area contributed by atoms with Crippen LogP contribution in [0.1, 0.15) is 11.1 Å². The molecule has 0 aliphatic carbocycles. The van der Waals surface area contributed by atoms with Crippen molar-refractivity contribution >= 4 is 17.4 Å². The Balaban J connectivity index is 3.10. The smallest absolute Gasteiger partial charge is 0.122 e. The zero-order valence-corrected chi connectivity index (χ0v) is 7.10. The maximum absolute atomic E-state index is 8.78. The van der Waals surface area contributed by atoms with E-state index in [0.717, 1.165) is 0 Å². The maximum Gasteiger partial charge on any atom is 0.122 e. The van der Waals surface area contributed by atoms with E-state index in [0.29, 0.717) is 16.1 Å². The van der Waals surface area contributed by atoms with Gasteiger partial charge in [-0.1, -0.05) is 23.7 Å². The number of hydrogen-bond donors (Lipinski definition) is 3. The second kappa shape index (κ2) is 3.56. The molecule has 64 valence electrons. The van der Waals surface area contributed by atoms with Gasteiger partial charge in [0.2, 0.25) is 0 Å². The highest BCUT2D eigenvalue weighted by molar-refractivity contribution is 6.31. The number of nitrogens with one attached hydrogen (secondary N) is 1. The summed E-state index contributed by atoms with van der Waals surface area (Å²) in [5, 5.41) is 16.3. The van der Waals surface area contributed by atoms with Crippen LogP contribution in [0.4, 0.5) is 0 Å². The van der Waals surface area contributed by atoms with Crippen LogP contribution in [-0.4, -0.2) is 10.9 Å². The molecule has 0 aliphatic rings. The van der Waals surface area contributed by atoms with E-state index in [1.807, 2.05) is 0 Å². The molecular weight excluding hydrogens is 176 g/mol. The molecule has 12 heavy (non-hydrogen) atoms. The van der Waals surface area contributed by atoms with Crippen molar-refractivity contribution in [3.05, 3.63) is 34.3 Å². The molecule has 0 saturated heterocycles. The number of amidine groups is 1. The van der Waals surface area contributed by atoms with Crippen molar-refractivity contribution in [2.24, 2.45) is 5.73 Å². The Morgan fingerprint density at radius 2 is 2.25 bits per heavy atom. The lowest BCUT2D eigenvalue weighted by Gasteiger charge is -2.02. The number of rotatable bonds is 2. The van der Waals surface area contributed by atoms with Crippen LogP contribution < -0.4 is 5.73 Å². The van der Waals surface area contributed by atoms with E-state index in [4.69, 9.17) is 27.9 Å². The Labute approximate surface area is 75.3 Å². The van der Waals surface area contributed by atoms with Gasteiger partial charge in [0.15, 0.2) is 0 Å². The maximum atomic E-state index is 8.78. The summed E-state index contributed by atoms with van der Waals surface area (Å²) in [6.45, 7) is -0.100. The van der Waals surface area contributed by atoms with Gasteiger partial charge in [-0.25, -0.2) is 0 Å². The average Bonchev–Trinajstić information content (AvgIpc) is 2.04. The molecule has 0 heterocycles. The van der Waals surface area contributed by atoms with E-state index in [1.165, 1.54) is 0 Å². The second-order valence-electron chi connectivity index (χ2n) is 2.38. The number of benzene rings is 1. The molecular formula is C8H9ClN2O. The molecule has 0 unspecified atom stereocenters. The zero-order valence-electron chi connectivity index (χ0n) is 6.34. The van der Waals surface area contributed by atoms with Crippen LogP contribution in [0.2, 0.25) is 5.02 Å². The van der Waals surface area contributed by atoms with E-state index in [-0.39, 0.29) is 12.4 Å². The molecule has 0 bridgehead atoms. The minimum atomic E-state index is -0.100. The van der Waals surface area contributed by atoms with Crippen molar-refractivity contribution in [1.29, 1.82) is 5.41 Å². The molecule has 0 radical (unpaired) electrons. The van der Waals surface area contributed by atoms with Crippen LogP contribution in [0.5, 0.6) is 0 Å². The second-order valence-corrected chi connectivity index (χ2v) is 2.79. The van der Waals surface area contributed by atoms with Gasteiger partial charge in [0.05, 0.1) is 6.61 Å². The third kappa shape index (κ3) is 1.75. The molecule has 1 aromatic rings. The summed E-state index contributed by atoms with van der Waals surface area (Å²) >= 11 is 5.76. The molecule has 0 atom stereocenters. The lowest BCUT2D eigenvalue weighted by molar-refractivity contribution is 0.282. The number of nitrogens with two attached hydrogens (primary N) is 1. The van der Waals surface area contributed by atoms with Crippen molar-refractivity contribution < 1.29 is 5.11 Å². The Kier molecular flexibility index (Phi) is 2.68. The lowest BCUT2D eigenvalue weighted by atomic mass is 10.1. The SMILES string of the molecule is N=C(N)c1ccc(CO)c(Cl)c1. The van der Waals surface area contributed by atoms with Gasteiger partial charge < -0.3 is 10.8 Å². The van der Waals surface area contributed by atoms with E-state index < -0.39 is 0 Å². The number of aliphatic hydroxyl groups is 1. The first kappa shape index (κ1) is 9.03. The van der Waals surface area contributed by atoms with Gasteiger partial charge in [-0.2, -0.15) is 0 Å². The van der Waals surface area contributed by atoms with Crippen molar-refractivity contribution in [2.75, 3.05) is 0 Å².